The molecular weight excluding hydrogens is 472 g/mol. The molecule has 0 amide bonds. The molecule has 0 spiro atoms. The monoisotopic (exact) mass is 504 g/mol. The maximum Gasteiger partial charge on any atom is 0.343 e. The Bertz CT molecular complexity index is 1140. The van der Waals surface area contributed by atoms with Crippen molar-refractivity contribution in [2.75, 3.05) is 13.2 Å². The lowest BCUT2D eigenvalue weighted by atomic mass is 10.1. The molecule has 0 bridgehead atoms. The summed E-state index contributed by atoms with van der Waals surface area (Å²) in [6.07, 6.45) is 8.72. The number of unbranched alkanes of at least 4 members (excludes halogenated alkanes) is 2. The Hall–Kier alpha value is -4.13. The largest absolute Gasteiger partial charge is 0.494 e. The summed E-state index contributed by atoms with van der Waals surface area (Å²) in [4.78, 5) is 35.8. The molecular formula is C30H32O7. The van der Waals surface area contributed by atoms with E-state index in [1.807, 2.05) is 12.1 Å². The molecule has 3 rings (SSSR count). The highest BCUT2D eigenvalue weighted by Gasteiger charge is 2.17. The molecule has 0 saturated carbocycles. The first-order chi connectivity index (χ1) is 18.0. The van der Waals surface area contributed by atoms with E-state index < -0.39 is 17.9 Å². The zero-order chi connectivity index (χ0) is 26.5. The van der Waals surface area contributed by atoms with E-state index >= 15 is 0 Å². The third-order valence-corrected chi connectivity index (χ3v) is 5.68. The van der Waals surface area contributed by atoms with Gasteiger partial charge in [-0.05, 0) is 79.8 Å². The minimum atomic E-state index is -0.461. The van der Waals surface area contributed by atoms with Gasteiger partial charge in [0.2, 0.25) is 0 Å². The van der Waals surface area contributed by atoms with Gasteiger partial charge in [0.05, 0.1) is 24.3 Å². The number of hydrogen-bond donors (Lipinski definition) is 0. The molecule has 1 aliphatic carbocycles. The summed E-state index contributed by atoms with van der Waals surface area (Å²) in [6, 6.07) is 14.1. The maximum atomic E-state index is 12.5. The van der Waals surface area contributed by atoms with Crippen LogP contribution in [0.5, 0.6) is 5.75 Å². The number of rotatable bonds is 13. The maximum absolute atomic E-state index is 12.5. The average Bonchev–Trinajstić information content (AvgIpc) is 2.93. The molecule has 0 unspecified atom stereocenters. The van der Waals surface area contributed by atoms with Crippen molar-refractivity contribution in [2.24, 2.45) is 0 Å². The molecule has 0 saturated heterocycles. The van der Waals surface area contributed by atoms with Gasteiger partial charge in [-0.1, -0.05) is 25.6 Å². The predicted octanol–water partition coefficient (Wildman–Crippen LogP) is 6.10. The highest BCUT2D eigenvalue weighted by atomic mass is 16.5. The van der Waals surface area contributed by atoms with Crippen LogP contribution in [0.15, 0.2) is 84.9 Å². The Morgan fingerprint density at radius 1 is 0.784 bits per heavy atom. The third kappa shape index (κ3) is 9.11. The molecule has 2 aromatic carbocycles. The summed E-state index contributed by atoms with van der Waals surface area (Å²) in [5.74, 6) is 0.423. The van der Waals surface area contributed by atoms with Gasteiger partial charge in [-0.15, -0.1) is 0 Å². The van der Waals surface area contributed by atoms with Crippen LogP contribution in [0, 0.1) is 0 Å². The van der Waals surface area contributed by atoms with E-state index in [0.29, 0.717) is 54.5 Å². The summed E-state index contributed by atoms with van der Waals surface area (Å²) >= 11 is 0. The first-order valence-corrected chi connectivity index (χ1v) is 12.4. The van der Waals surface area contributed by atoms with Crippen LogP contribution in [0.1, 0.15) is 65.3 Å². The van der Waals surface area contributed by atoms with Gasteiger partial charge in [0.1, 0.15) is 17.3 Å². The second-order valence-corrected chi connectivity index (χ2v) is 8.40. The van der Waals surface area contributed by atoms with E-state index in [1.165, 1.54) is 0 Å². The van der Waals surface area contributed by atoms with Crippen LogP contribution in [-0.2, 0) is 25.4 Å². The number of carbonyl (C=O) groups excluding carboxylic acids is 3. The Kier molecular flexibility index (Phi) is 10.7. The first kappa shape index (κ1) is 27.5. The molecule has 0 aromatic heterocycles. The zero-order valence-corrected chi connectivity index (χ0v) is 21.1. The van der Waals surface area contributed by atoms with Gasteiger partial charge in [0, 0.05) is 18.9 Å². The minimum absolute atomic E-state index is 0.369. The highest BCUT2D eigenvalue weighted by Crippen LogP contribution is 2.23. The van der Waals surface area contributed by atoms with Gasteiger partial charge in [-0.25, -0.2) is 14.4 Å². The molecule has 0 N–H and O–H groups in total. The SMILES string of the molecule is C=CC(=O)OCCCCCOc1ccc(C(=O)OC2=CC=C(OC(=O)c3ccc(CC)cc3)CC2)cc1. The Morgan fingerprint density at radius 3 is 1.84 bits per heavy atom. The van der Waals surface area contributed by atoms with Gasteiger partial charge in [-0.3, -0.25) is 0 Å². The van der Waals surface area contributed by atoms with Crippen molar-refractivity contribution in [3.63, 3.8) is 0 Å². The number of carbonyl (C=O) groups is 3. The Labute approximate surface area is 217 Å². The number of esters is 3. The van der Waals surface area contributed by atoms with Crippen LogP contribution < -0.4 is 4.74 Å². The van der Waals surface area contributed by atoms with Gasteiger partial charge < -0.3 is 18.9 Å². The van der Waals surface area contributed by atoms with Crippen molar-refractivity contribution in [1.29, 1.82) is 0 Å². The van der Waals surface area contributed by atoms with Crippen molar-refractivity contribution >= 4 is 17.9 Å². The van der Waals surface area contributed by atoms with E-state index in [-0.39, 0.29) is 0 Å². The van der Waals surface area contributed by atoms with Crippen molar-refractivity contribution < 1.29 is 33.3 Å². The van der Waals surface area contributed by atoms with Gasteiger partial charge >= 0.3 is 17.9 Å². The van der Waals surface area contributed by atoms with E-state index in [1.54, 1.807) is 48.6 Å². The van der Waals surface area contributed by atoms with Crippen LogP contribution in [0.25, 0.3) is 0 Å². The van der Waals surface area contributed by atoms with Gasteiger partial charge in [0.25, 0.3) is 0 Å². The molecule has 7 heteroatoms. The highest BCUT2D eigenvalue weighted by molar-refractivity contribution is 5.91. The van der Waals surface area contributed by atoms with Crippen molar-refractivity contribution in [2.45, 2.75) is 45.4 Å². The van der Waals surface area contributed by atoms with Crippen LogP contribution in [0.2, 0.25) is 0 Å². The summed E-state index contributed by atoms with van der Waals surface area (Å²) < 4.78 is 21.6. The number of aryl methyl sites for hydroxylation is 1. The fourth-order valence-electron chi connectivity index (χ4n) is 3.49. The summed E-state index contributed by atoms with van der Waals surface area (Å²) in [7, 11) is 0. The van der Waals surface area contributed by atoms with E-state index in [9.17, 15) is 14.4 Å². The van der Waals surface area contributed by atoms with E-state index in [0.717, 1.165) is 37.3 Å². The molecule has 1 aliphatic rings. The molecule has 2 aromatic rings. The van der Waals surface area contributed by atoms with Crippen LogP contribution >= 0.6 is 0 Å². The van der Waals surface area contributed by atoms with Crippen LogP contribution in [-0.4, -0.2) is 31.1 Å². The van der Waals surface area contributed by atoms with Crippen LogP contribution in [0.3, 0.4) is 0 Å². The van der Waals surface area contributed by atoms with Crippen LogP contribution in [0.4, 0.5) is 0 Å². The normalized spacial score (nSPS) is 12.6. The Morgan fingerprint density at radius 2 is 1.32 bits per heavy atom. The fraction of sp³-hybridized carbons (Fsp3) is 0.300. The number of benzene rings is 2. The van der Waals surface area contributed by atoms with E-state index in [4.69, 9.17) is 18.9 Å². The molecule has 7 nitrogen and oxygen atoms in total. The van der Waals surface area contributed by atoms with Crippen molar-refractivity contribution in [1.82, 2.24) is 0 Å². The average molecular weight is 505 g/mol. The second kappa shape index (κ2) is 14.4. The molecule has 37 heavy (non-hydrogen) atoms. The molecule has 0 heterocycles. The standard InChI is InChI=1S/C30H32O7/c1-3-22-8-10-23(11-9-22)29(32)36-26-16-18-27(19-17-26)37-30(33)24-12-14-25(15-13-24)34-20-6-5-7-21-35-28(31)4-2/h4,8-16,18H,2-3,5-7,17,19-21H2,1H3. The number of allylic oxidation sites excluding steroid dienone is 4. The zero-order valence-electron chi connectivity index (χ0n) is 21.1. The van der Waals surface area contributed by atoms with Crippen molar-refractivity contribution in [3.05, 3.63) is 102 Å². The number of hydrogen-bond acceptors (Lipinski definition) is 7. The number of ether oxygens (including phenoxy) is 4. The Balaban J connectivity index is 1.39. The molecule has 0 radical (unpaired) electrons. The molecule has 0 aliphatic heterocycles. The van der Waals surface area contributed by atoms with E-state index in [2.05, 4.69) is 13.5 Å². The molecule has 0 atom stereocenters. The lowest BCUT2D eigenvalue weighted by molar-refractivity contribution is -0.137. The first-order valence-electron chi connectivity index (χ1n) is 12.4. The summed E-state index contributed by atoms with van der Waals surface area (Å²) in [5.41, 5.74) is 2.06. The molecule has 0 fully saturated rings. The minimum Gasteiger partial charge on any atom is -0.494 e. The third-order valence-electron chi connectivity index (χ3n) is 5.68. The molecule has 194 valence electrons. The topological polar surface area (TPSA) is 88.1 Å². The quantitative estimate of drug-likeness (QED) is 0.141. The predicted molar refractivity (Wildman–Crippen MR) is 139 cm³/mol. The smallest absolute Gasteiger partial charge is 0.343 e. The second-order valence-electron chi connectivity index (χ2n) is 8.40. The van der Waals surface area contributed by atoms with Gasteiger partial charge in [-0.2, -0.15) is 0 Å². The lowest BCUT2D eigenvalue weighted by Gasteiger charge is -2.15. The summed E-state index contributed by atoms with van der Waals surface area (Å²) in [6.45, 7) is 6.30. The summed E-state index contributed by atoms with van der Waals surface area (Å²) in [5, 5.41) is 0. The fourth-order valence-corrected chi connectivity index (χ4v) is 3.49. The lowest BCUT2D eigenvalue weighted by Crippen LogP contribution is -2.10. The van der Waals surface area contributed by atoms with Crippen molar-refractivity contribution in [3.8, 4) is 5.75 Å². The van der Waals surface area contributed by atoms with Gasteiger partial charge in [0.15, 0.2) is 0 Å².